The molecule has 1 heterocycles. The predicted octanol–water partition coefficient (Wildman–Crippen LogP) is 1.52. The quantitative estimate of drug-likeness (QED) is 0.691. The third-order valence-electron chi connectivity index (χ3n) is 2.69. The van der Waals surface area contributed by atoms with E-state index >= 15 is 0 Å². The summed E-state index contributed by atoms with van der Waals surface area (Å²) in [6.45, 7) is 8.11. The van der Waals surface area contributed by atoms with Gasteiger partial charge in [0.1, 0.15) is 0 Å². The van der Waals surface area contributed by atoms with Gasteiger partial charge in [-0.3, -0.25) is 4.90 Å². The van der Waals surface area contributed by atoms with Gasteiger partial charge in [-0.25, -0.2) is 0 Å². The van der Waals surface area contributed by atoms with Crippen LogP contribution in [0, 0.1) is 0 Å². The van der Waals surface area contributed by atoms with Gasteiger partial charge in [0.25, 0.3) is 0 Å². The Morgan fingerprint density at radius 2 is 2.00 bits per heavy atom. The molecule has 84 valence electrons. The van der Waals surface area contributed by atoms with Crippen molar-refractivity contribution in [2.75, 3.05) is 27.3 Å². The molecule has 0 aliphatic carbocycles. The normalized spacial score (nSPS) is 29.8. The third kappa shape index (κ3) is 3.56. The molecule has 0 aromatic heterocycles. The summed E-state index contributed by atoms with van der Waals surface area (Å²) in [5, 5.41) is 0. The zero-order valence-electron chi connectivity index (χ0n) is 10.0. The molecule has 0 saturated carbocycles. The van der Waals surface area contributed by atoms with Crippen molar-refractivity contribution in [3.05, 3.63) is 0 Å². The summed E-state index contributed by atoms with van der Waals surface area (Å²) in [5.74, 6) is 0. The van der Waals surface area contributed by atoms with Crippen LogP contribution in [0.25, 0.3) is 0 Å². The summed E-state index contributed by atoms with van der Waals surface area (Å²) < 4.78 is 11.1. The van der Waals surface area contributed by atoms with E-state index in [1.165, 1.54) is 0 Å². The zero-order valence-corrected chi connectivity index (χ0v) is 10.0. The molecule has 1 fully saturated rings. The molecular formula is C11H23NO2. The first-order chi connectivity index (χ1) is 6.42. The Morgan fingerprint density at radius 1 is 1.36 bits per heavy atom. The average molecular weight is 201 g/mol. The Labute approximate surface area is 87.4 Å². The molecule has 0 N–H and O–H groups in total. The lowest BCUT2D eigenvalue weighted by Gasteiger charge is -2.25. The van der Waals surface area contributed by atoms with Gasteiger partial charge in [-0.2, -0.15) is 0 Å². The van der Waals surface area contributed by atoms with Gasteiger partial charge in [-0.1, -0.05) is 0 Å². The van der Waals surface area contributed by atoms with E-state index in [1.807, 2.05) is 0 Å². The van der Waals surface area contributed by atoms with Crippen molar-refractivity contribution < 1.29 is 9.47 Å². The van der Waals surface area contributed by atoms with Crippen LogP contribution in [0.1, 0.15) is 27.2 Å². The standard InChI is InChI=1S/C11H23NO2/c1-11(2,3)14-8-9-6-10(13-5)7-12(9)4/h9-10H,6-8H2,1-5H3/t9-,10?/m0/s1. The first-order valence-electron chi connectivity index (χ1n) is 5.29. The Balaban J connectivity index is 2.32. The van der Waals surface area contributed by atoms with Gasteiger partial charge in [0, 0.05) is 19.7 Å². The Hall–Kier alpha value is -0.120. The first kappa shape index (κ1) is 12.0. The fourth-order valence-corrected chi connectivity index (χ4v) is 1.74. The second-order valence-electron chi connectivity index (χ2n) is 5.11. The molecule has 0 amide bonds. The van der Waals surface area contributed by atoms with Gasteiger partial charge in [-0.15, -0.1) is 0 Å². The number of rotatable bonds is 3. The van der Waals surface area contributed by atoms with E-state index < -0.39 is 0 Å². The monoisotopic (exact) mass is 201 g/mol. The van der Waals surface area contributed by atoms with Crippen LogP contribution >= 0.6 is 0 Å². The number of likely N-dealkylation sites (tertiary alicyclic amines) is 1. The predicted molar refractivity (Wildman–Crippen MR) is 57.5 cm³/mol. The molecule has 0 radical (unpaired) electrons. The SMILES string of the molecule is COC1C[C@@H](COC(C)(C)C)N(C)C1. The number of ether oxygens (including phenoxy) is 2. The van der Waals surface area contributed by atoms with Crippen molar-refractivity contribution in [2.45, 2.75) is 44.9 Å². The molecule has 14 heavy (non-hydrogen) atoms. The van der Waals surface area contributed by atoms with Crippen LogP contribution in [-0.4, -0.2) is 50.0 Å². The summed E-state index contributed by atoms with van der Waals surface area (Å²) in [6.07, 6.45) is 1.47. The number of nitrogens with zero attached hydrogens (tertiary/aromatic N) is 1. The van der Waals surface area contributed by atoms with Gasteiger partial charge in [0.2, 0.25) is 0 Å². The van der Waals surface area contributed by atoms with Crippen LogP contribution in [0.3, 0.4) is 0 Å². The average Bonchev–Trinajstić information content (AvgIpc) is 2.42. The van der Waals surface area contributed by atoms with Crippen molar-refractivity contribution in [2.24, 2.45) is 0 Å². The van der Waals surface area contributed by atoms with E-state index in [1.54, 1.807) is 7.11 Å². The number of hydrogen-bond donors (Lipinski definition) is 0. The Morgan fingerprint density at radius 3 is 2.43 bits per heavy atom. The van der Waals surface area contributed by atoms with Gasteiger partial charge in [0.05, 0.1) is 18.3 Å². The maximum atomic E-state index is 5.78. The van der Waals surface area contributed by atoms with Crippen molar-refractivity contribution in [3.8, 4) is 0 Å². The van der Waals surface area contributed by atoms with Crippen molar-refractivity contribution in [3.63, 3.8) is 0 Å². The summed E-state index contributed by atoms with van der Waals surface area (Å²) >= 11 is 0. The van der Waals surface area contributed by atoms with Crippen molar-refractivity contribution in [1.82, 2.24) is 4.90 Å². The molecule has 3 nitrogen and oxygen atoms in total. The van der Waals surface area contributed by atoms with Gasteiger partial charge in [0.15, 0.2) is 0 Å². The molecule has 1 aliphatic heterocycles. The van der Waals surface area contributed by atoms with Crippen LogP contribution in [0.5, 0.6) is 0 Å². The molecule has 1 rings (SSSR count). The molecule has 0 aromatic rings. The molecule has 2 atom stereocenters. The maximum Gasteiger partial charge on any atom is 0.0714 e. The molecule has 3 heteroatoms. The molecule has 1 unspecified atom stereocenters. The van der Waals surface area contributed by atoms with Gasteiger partial charge < -0.3 is 9.47 Å². The molecular weight excluding hydrogens is 178 g/mol. The van der Waals surface area contributed by atoms with Crippen LogP contribution in [0.2, 0.25) is 0 Å². The van der Waals surface area contributed by atoms with Gasteiger partial charge in [-0.05, 0) is 34.2 Å². The molecule has 0 aromatic carbocycles. The van der Waals surface area contributed by atoms with E-state index in [-0.39, 0.29) is 5.60 Å². The first-order valence-corrected chi connectivity index (χ1v) is 5.29. The fourth-order valence-electron chi connectivity index (χ4n) is 1.74. The smallest absolute Gasteiger partial charge is 0.0714 e. The van der Waals surface area contributed by atoms with E-state index in [9.17, 15) is 0 Å². The lowest BCUT2D eigenvalue weighted by molar-refractivity contribution is -0.0255. The van der Waals surface area contributed by atoms with Crippen molar-refractivity contribution in [1.29, 1.82) is 0 Å². The van der Waals surface area contributed by atoms with E-state index in [2.05, 4.69) is 32.7 Å². The molecule has 1 saturated heterocycles. The van der Waals surface area contributed by atoms with Crippen LogP contribution in [0.4, 0.5) is 0 Å². The highest BCUT2D eigenvalue weighted by Crippen LogP contribution is 2.20. The number of hydrogen-bond acceptors (Lipinski definition) is 3. The van der Waals surface area contributed by atoms with Crippen LogP contribution in [0.15, 0.2) is 0 Å². The summed E-state index contributed by atoms with van der Waals surface area (Å²) in [4.78, 5) is 2.32. The minimum atomic E-state index is -0.0357. The highest BCUT2D eigenvalue weighted by molar-refractivity contribution is 4.84. The number of methoxy groups -OCH3 is 1. The summed E-state index contributed by atoms with van der Waals surface area (Å²) in [5.41, 5.74) is -0.0357. The highest BCUT2D eigenvalue weighted by Gasteiger charge is 2.30. The Kier molecular flexibility index (Phi) is 3.93. The van der Waals surface area contributed by atoms with Crippen molar-refractivity contribution >= 4 is 0 Å². The highest BCUT2D eigenvalue weighted by atomic mass is 16.5. The van der Waals surface area contributed by atoms with Gasteiger partial charge >= 0.3 is 0 Å². The van der Waals surface area contributed by atoms with Crippen LogP contribution < -0.4 is 0 Å². The summed E-state index contributed by atoms with van der Waals surface area (Å²) in [7, 11) is 3.92. The minimum absolute atomic E-state index is 0.0357. The molecule has 0 bridgehead atoms. The zero-order chi connectivity index (χ0) is 10.8. The minimum Gasteiger partial charge on any atom is -0.380 e. The lowest BCUT2D eigenvalue weighted by Crippen LogP contribution is -2.33. The van der Waals surface area contributed by atoms with E-state index in [4.69, 9.17) is 9.47 Å². The molecule has 1 aliphatic rings. The lowest BCUT2D eigenvalue weighted by atomic mass is 10.1. The van der Waals surface area contributed by atoms with E-state index in [0.717, 1.165) is 19.6 Å². The molecule has 0 spiro atoms. The topological polar surface area (TPSA) is 21.7 Å². The number of likely N-dealkylation sites (N-methyl/N-ethyl adjacent to an activating group) is 1. The second kappa shape index (κ2) is 4.60. The fraction of sp³-hybridized carbons (Fsp3) is 1.00. The van der Waals surface area contributed by atoms with Crippen LogP contribution in [-0.2, 0) is 9.47 Å². The maximum absolute atomic E-state index is 5.78. The summed E-state index contributed by atoms with van der Waals surface area (Å²) in [6, 6.07) is 0.513. The largest absolute Gasteiger partial charge is 0.380 e. The van der Waals surface area contributed by atoms with E-state index in [0.29, 0.717) is 12.1 Å². The third-order valence-corrected chi connectivity index (χ3v) is 2.69. The second-order valence-corrected chi connectivity index (χ2v) is 5.11. The Bertz CT molecular complexity index is 177.